The molecule has 0 aliphatic carbocycles. The lowest BCUT2D eigenvalue weighted by Gasteiger charge is -2.23. The zero-order valence-electron chi connectivity index (χ0n) is 13.3. The highest BCUT2D eigenvalue weighted by atomic mass is 35.5. The lowest BCUT2D eigenvalue weighted by Crippen LogP contribution is -2.38. The SMILES string of the molecule is COC(CN)CC(=O)NC(CN(C)C)c1ccccc1.Cl.Cl. The number of carbonyl (C=O) groups is 1. The van der Waals surface area contributed by atoms with Crippen molar-refractivity contribution >= 4 is 30.7 Å². The fraction of sp³-hybridized carbons (Fsp3) is 0.533. The van der Waals surface area contributed by atoms with E-state index in [2.05, 4.69) is 10.2 Å². The molecule has 3 N–H and O–H groups in total. The molecule has 1 aromatic rings. The monoisotopic (exact) mass is 351 g/mol. The van der Waals surface area contributed by atoms with Crippen LogP contribution in [0.3, 0.4) is 0 Å². The Morgan fingerprint density at radius 3 is 2.32 bits per heavy atom. The molecule has 5 nitrogen and oxygen atoms in total. The van der Waals surface area contributed by atoms with E-state index in [9.17, 15) is 4.79 Å². The molecule has 1 amide bonds. The van der Waals surface area contributed by atoms with Gasteiger partial charge in [0.1, 0.15) is 0 Å². The summed E-state index contributed by atoms with van der Waals surface area (Å²) >= 11 is 0. The highest BCUT2D eigenvalue weighted by molar-refractivity contribution is 5.85. The Labute approximate surface area is 145 Å². The number of nitrogens with zero attached hydrogens (tertiary/aromatic N) is 1. The standard InChI is InChI=1S/C15H25N3O2.2ClH/c1-18(2)11-14(12-7-5-4-6-8-12)17-15(19)9-13(10-16)20-3;;/h4-8,13-14H,9-11,16H2,1-3H3,(H,17,19);2*1H. The highest BCUT2D eigenvalue weighted by Crippen LogP contribution is 2.13. The van der Waals surface area contributed by atoms with Crippen molar-refractivity contribution in [3.05, 3.63) is 35.9 Å². The van der Waals surface area contributed by atoms with Gasteiger partial charge in [0, 0.05) is 20.2 Å². The minimum atomic E-state index is -0.231. The Hall–Kier alpha value is -0.850. The fourth-order valence-corrected chi connectivity index (χ4v) is 2.01. The number of halogens is 2. The van der Waals surface area contributed by atoms with Gasteiger partial charge >= 0.3 is 0 Å². The van der Waals surface area contributed by atoms with Crippen LogP contribution in [0.5, 0.6) is 0 Å². The van der Waals surface area contributed by atoms with Crippen LogP contribution in [0.4, 0.5) is 0 Å². The molecule has 0 bridgehead atoms. The van der Waals surface area contributed by atoms with Gasteiger partial charge in [-0.3, -0.25) is 4.79 Å². The van der Waals surface area contributed by atoms with Crippen LogP contribution >= 0.6 is 24.8 Å². The molecule has 2 atom stereocenters. The maximum Gasteiger partial charge on any atom is 0.223 e. The third kappa shape index (κ3) is 8.56. The van der Waals surface area contributed by atoms with Crippen molar-refractivity contribution in [3.8, 4) is 0 Å². The summed E-state index contributed by atoms with van der Waals surface area (Å²) in [4.78, 5) is 14.1. The molecular weight excluding hydrogens is 325 g/mol. The second-order valence-electron chi connectivity index (χ2n) is 5.09. The number of ether oxygens (including phenoxy) is 1. The molecule has 0 aromatic heterocycles. The zero-order chi connectivity index (χ0) is 15.0. The summed E-state index contributed by atoms with van der Waals surface area (Å²) in [5, 5.41) is 3.05. The van der Waals surface area contributed by atoms with Crippen LogP contribution in [-0.2, 0) is 9.53 Å². The molecule has 0 saturated carbocycles. The molecular formula is C15H27Cl2N3O2. The molecule has 1 rings (SSSR count). The molecule has 0 spiro atoms. The maximum absolute atomic E-state index is 12.1. The first-order valence-electron chi connectivity index (χ1n) is 6.78. The Morgan fingerprint density at radius 1 is 1.27 bits per heavy atom. The van der Waals surface area contributed by atoms with Gasteiger partial charge in [-0.05, 0) is 19.7 Å². The van der Waals surface area contributed by atoms with Crippen molar-refractivity contribution < 1.29 is 9.53 Å². The van der Waals surface area contributed by atoms with E-state index in [1.807, 2.05) is 44.4 Å². The number of nitrogens with one attached hydrogen (secondary N) is 1. The van der Waals surface area contributed by atoms with E-state index < -0.39 is 0 Å². The predicted molar refractivity (Wildman–Crippen MR) is 94.8 cm³/mol. The first-order valence-corrected chi connectivity index (χ1v) is 6.78. The quantitative estimate of drug-likeness (QED) is 0.746. The molecule has 0 saturated heterocycles. The molecule has 0 fully saturated rings. The van der Waals surface area contributed by atoms with E-state index in [-0.39, 0.29) is 49.3 Å². The van der Waals surface area contributed by atoms with Crippen LogP contribution in [0.1, 0.15) is 18.0 Å². The Bertz CT molecular complexity index is 401. The predicted octanol–water partition coefficient (Wildman–Crippen LogP) is 1.61. The topological polar surface area (TPSA) is 67.6 Å². The Morgan fingerprint density at radius 2 is 1.86 bits per heavy atom. The van der Waals surface area contributed by atoms with Gasteiger partial charge in [-0.15, -0.1) is 24.8 Å². The van der Waals surface area contributed by atoms with E-state index in [4.69, 9.17) is 10.5 Å². The summed E-state index contributed by atoms with van der Waals surface area (Å²) in [6, 6.07) is 9.92. The van der Waals surface area contributed by atoms with Crippen molar-refractivity contribution in [2.45, 2.75) is 18.6 Å². The summed E-state index contributed by atoms with van der Waals surface area (Å²) < 4.78 is 5.14. The van der Waals surface area contributed by atoms with E-state index in [1.54, 1.807) is 7.11 Å². The molecule has 2 unspecified atom stereocenters. The van der Waals surface area contributed by atoms with Gasteiger partial charge in [-0.2, -0.15) is 0 Å². The summed E-state index contributed by atoms with van der Waals surface area (Å²) in [7, 11) is 5.54. The van der Waals surface area contributed by atoms with Crippen LogP contribution in [0.15, 0.2) is 30.3 Å². The van der Waals surface area contributed by atoms with E-state index in [0.717, 1.165) is 12.1 Å². The van der Waals surface area contributed by atoms with Gasteiger partial charge in [-0.25, -0.2) is 0 Å². The van der Waals surface area contributed by atoms with Crippen LogP contribution in [0.25, 0.3) is 0 Å². The third-order valence-electron chi connectivity index (χ3n) is 3.09. The number of hydrogen-bond acceptors (Lipinski definition) is 4. The molecule has 0 aliphatic rings. The van der Waals surface area contributed by atoms with E-state index in [0.29, 0.717) is 6.54 Å². The molecule has 0 aliphatic heterocycles. The maximum atomic E-state index is 12.1. The Balaban J connectivity index is 0. The molecule has 128 valence electrons. The fourth-order valence-electron chi connectivity index (χ4n) is 2.01. The molecule has 1 aromatic carbocycles. The average Bonchev–Trinajstić information content (AvgIpc) is 2.44. The third-order valence-corrected chi connectivity index (χ3v) is 3.09. The molecule has 7 heteroatoms. The van der Waals surface area contributed by atoms with Crippen molar-refractivity contribution in [1.82, 2.24) is 10.2 Å². The second kappa shape index (κ2) is 12.7. The van der Waals surface area contributed by atoms with Crippen LogP contribution < -0.4 is 11.1 Å². The summed E-state index contributed by atoms with van der Waals surface area (Å²) in [6.45, 7) is 1.09. The van der Waals surface area contributed by atoms with Gasteiger partial charge in [-0.1, -0.05) is 30.3 Å². The summed E-state index contributed by atoms with van der Waals surface area (Å²) in [5.41, 5.74) is 6.63. The molecule has 22 heavy (non-hydrogen) atoms. The van der Waals surface area contributed by atoms with Crippen molar-refractivity contribution in [3.63, 3.8) is 0 Å². The minimum absolute atomic E-state index is 0. The van der Waals surface area contributed by atoms with Gasteiger partial charge < -0.3 is 20.7 Å². The minimum Gasteiger partial charge on any atom is -0.380 e. The van der Waals surface area contributed by atoms with Gasteiger partial charge in [0.25, 0.3) is 0 Å². The number of benzene rings is 1. The number of hydrogen-bond donors (Lipinski definition) is 2. The Kier molecular flexibility index (Phi) is 13.5. The molecule has 0 radical (unpaired) electrons. The second-order valence-corrected chi connectivity index (χ2v) is 5.09. The lowest BCUT2D eigenvalue weighted by molar-refractivity contribution is -0.124. The van der Waals surface area contributed by atoms with Crippen molar-refractivity contribution in [1.29, 1.82) is 0 Å². The number of rotatable bonds is 8. The van der Waals surface area contributed by atoms with Crippen molar-refractivity contribution in [2.75, 3.05) is 34.3 Å². The number of nitrogens with two attached hydrogens (primary N) is 1. The smallest absolute Gasteiger partial charge is 0.223 e. The van der Waals surface area contributed by atoms with Crippen molar-refractivity contribution in [2.24, 2.45) is 5.73 Å². The first kappa shape index (κ1) is 23.4. The average molecular weight is 352 g/mol. The number of amides is 1. The largest absolute Gasteiger partial charge is 0.380 e. The number of methoxy groups -OCH3 is 1. The summed E-state index contributed by atoms with van der Waals surface area (Å²) in [5.74, 6) is -0.0435. The highest BCUT2D eigenvalue weighted by Gasteiger charge is 2.18. The van der Waals surface area contributed by atoms with E-state index >= 15 is 0 Å². The van der Waals surface area contributed by atoms with Crippen LogP contribution in [0, 0.1) is 0 Å². The molecule has 0 heterocycles. The lowest BCUT2D eigenvalue weighted by atomic mass is 10.1. The number of carbonyl (C=O) groups excluding carboxylic acids is 1. The number of likely N-dealkylation sites (N-methyl/N-ethyl adjacent to an activating group) is 1. The van der Waals surface area contributed by atoms with E-state index in [1.165, 1.54) is 0 Å². The van der Waals surface area contributed by atoms with Gasteiger partial charge in [0.15, 0.2) is 0 Å². The summed E-state index contributed by atoms with van der Waals surface area (Å²) in [6.07, 6.45) is 0.0508. The first-order chi connectivity index (χ1) is 9.56. The van der Waals surface area contributed by atoms with Gasteiger partial charge in [0.05, 0.1) is 18.6 Å². The van der Waals surface area contributed by atoms with Crippen LogP contribution in [-0.4, -0.2) is 51.2 Å². The van der Waals surface area contributed by atoms with Gasteiger partial charge in [0.2, 0.25) is 5.91 Å². The van der Waals surface area contributed by atoms with Crippen LogP contribution in [0.2, 0.25) is 0 Å². The normalized spacial score (nSPS) is 12.8. The zero-order valence-corrected chi connectivity index (χ0v) is 15.0.